The quantitative estimate of drug-likeness (QED) is 0.719. The van der Waals surface area contributed by atoms with Crippen LogP contribution in [0.1, 0.15) is 40.0 Å². The molecule has 0 aliphatic carbocycles. The van der Waals surface area contributed by atoms with E-state index in [0.717, 1.165) is 23.7 Å². The highest BCUT2D eigenvalue weighted by Gasteiger charge is 2.16. The van der Waals surface area contributed by atoms with Gasteiger partial charge in [-0.25, -0.2) is 0 Å². The summed E-state index contributed by atoms with van der Waals surface area (Å²) in [6, 6.07) is 7.98. The van der Waals surface area contributed by atoms with Gasteiger partial charge < -0.3 is 10.1 Å². The normalized spacial score (nSPS) is 14.1. The molecule has 0 aliphatic rings. The van der Waals surface area contributed by atoms with Crippen molar-refractivity contribution in [1.29, 1.82) is 0 Å². The minimum atomic E-state index is 0.413. The lowest BCUT2D eigenvalue weighted by Crippen LogP contribution is -2.40. The second kappa shape index (κ2) is 9.22. The molecule has 0 spiro atoms. The summed E-state index contributed by atoms with van der Waals surface area (Å²) in [5.74, 6) is 1.51. The second-order valence-corrected chi connectivity index (χ2v) is 5.53. The Bertz CT molecular complexity index is 339. The summed E-state index contributed by atoms with van der Waals surface area (Å²) in [4.78, 5) is 0. The number of hydrogen-bond acceptors (Lipinski definition) is 2. The molecular formula is C16H26ClNO. The van der Waals surface area contributed by atoms with E-state index in [2.05, 4.69) is 26.1 Å². The molecule has 2 unspecified atom stereocenters. The van der Waals surface area contributed by atoms with Gasteiger partial charge in [0.15, 0.2) is 0 Å². The van der Waals surface area contributed by atoms with Crippen LogP contribution in [0.5, 0.6) is 5.75 Å². The van der Waals surface area contributed by atoms with E-state index in [1.807, 2.05) is 24.3 Å². The van der Waals surface area contributed by atoms with Gasteiger partial charge in [-0.05, 0) is 49.6 Å². The Morgan fingerprint density at radius 3 is 2.42 bits per heavy atom. The third-order valence-corrected chi connectivity index (χ3v) is 3.58. The molecule has 0 saturated carbocycles. The van der Waals surface area contributed by atoms with Crippen LogP contribution < -0.4 is 10.1 Å². The monoisotopic (exact) mass is 283 g/mol. The molecule has 0 radical (unpaired) electrons. The summed E-state index contributed by atoms with van der Waals surface area (Å²) < 4.78 is 5.87. The Morgan fingerprint density at radius 1 is 1.16 bits per heavy atom. The smallest absolute Gasteiger partial charge is 0.119 e. The number of benzene rings is 1. The van der Waals surface area contributed by atoms with Gasteiger partial charge in [0, 0.05) is 11.1 Å². The average Bonchev–Trinajstić information content (AvgIpc) is 2.41. The number of ether oxygens (including phenoxy) is 1. The van der Waals surface area contributed by atoms with Crippen LogP contribution in [0.2, 0.25) is 5.02 Å². The van der Waals surface area contributed by atoms with E-state index in [4.69, 9.17) is 16.3 Å². The summed E-state index contributed by atoms with van der Waals surface area (Å²) in [6.07, 6.45) is 3.59. The van der Waals surface area contributed by atoms with Crippen LogP contribution in [0, 0.1) is 5.92 Å². The fraction of sp³-hybridized carbons (Fsp3) is 0.625. The maximum Gasteiger partial charge on any atom is 0.119 e. The number of rotatable bonds is 9. The van der Waals surface area contributed by atoms with Gasteiger partial charge in [-0.1, -0.05) is 38.8 Å². The molecule has 3 heteroatoms. The van der Waals surface area contributed by atoms with E-state index in [0.29, 0.717) is 18.6 Å². The lowest BCUT2D eigenvalue weighted by molar-refractivity contribution is 0.217. The van der Waals surface area contributed by atoms with E-state index >= 15 is 0 Å². The highest BCUT2D eigenvalue weighted by Crippen LogP contribution is 2.17. The van der Waals surface area contributed by atoms with Crippen molar-refractivity contribution in [2.24, 2.45) is 5.92 Å². The Hall–Kier alpha value is -0.730. The number of halogens is 1. The highest BCUT2D eigenvalue weighted by atomic mass is 35.5. The summed E-state index contributed by atoms with van der Waals surface area (Å²) in [6.45, 7) is 8.47. The summed E-state index contributed by atoms with van der Waals surface area (Å²) in [5, 5.41) is 4.33. The summed E-state index contributed by atoms with van der Waals surface area (Å²) in [5.41, 5.74) is 0. The molecule has 0 fully saturated rings. The molecule has 1 aromatic carbocycles. The summed E-state index contributed by atoms with van der Waals surface area (Å²) in [7, 11) is 0. The molecule has 2 atom stereocenters. The third kappa shape index (κ3) is 6.31. The minimum absolute atomic E-state index is 0.413. The van der Waals surface area contributed by atoms with Gasteiger partial charge in [0.05, 0.1) is 0 Å². The molecule has 0 heterocycles. The van der Waals surface area contributed by atoms with Crippen molar-refractivity contribution in [1.82, 2.24) is 5.32 Å². The van der Waals surface area contributed by atoms with E-state index in [1.54, 1.807) is 0 Å². The predicted octanol–water partition coefficient (Wildman–Crippen LogP) is 4.52. The first kappa shape index (κ1) is 16.3. The zero-order valence-corrected chi connectivity index (χ0v) is 13.0. The lowest BCUT2D eigenvalue weighted by atomic mass is 9.97. The fourth-order valence-electron chi connectivity index (χ4n) is 2.13. The van der Waals surface area contributed by atoms with Crippen LogP contribution in [0.4, 0.5) is 0 Å². The van der Waals surface area contributed by atoms with Gasteiger partial charge in [0.2, 0.25) is 0 Å². The Labute approximate surface area is 122 Å². The van der Waals surface area contributed by atoms with Gasteiger partial charge in [-0.2, -0.15) is 0 Å². The maximum atomic E-state index is 5.87. The van der Waals surface area contributed by atoms with Gasteiger partial charge in [-0.15, -0.1) is 0 Å². The molecule has 0 aliphatic heterocycles. The molecule has 1 rings (SSSR count). The standard InChI is InChI=1S/C16H26ClNO/c1-4-6-13(3)16(18-11-5-2)12-19-15-9-7-14(17)8-10-15/h7-10,13,16,18H,4-6,11-12H2,1-3H3. The first-order valence-electron chi connectivity index (χ1n) is 7.29. The molecule has 19 heavy (non-hydrogen) atoms. The average molecular weight is 284 g/mol. The topological polar surface area (TPSA) is 21.3 Å². The van der Waals surface area contributed by atoms with Crippen molar-refractivity contribution in [2.45, 2.75) is 46.1 Å². The number of nitrogens with one attached hydrogen (secondary N) is 1. The Morgan fingerprint density at radius 2 is 1.84 bits per heavy atom. The van der Waals surface area contributed by atoms with Gasteiger partial charge in [-0.3, -0.25) is 0 Å². The molecule has 2 nitrogen and oxygen atoms in total. The van der Waals surface area contributed by atoms with Gasteiger partial charge in [0.25, 0.3) is 0 Å². The summed E-state index contributed by atoms with van der Waals surface area (Å²) >= 11 is 5.87. The second-order valence-electron chi connectivity index (χ2n) is 5.09. The van der Waals surface area contributed by atoms with Crippen LogP contribution in [0.25, 0.3) is 0 Å². The van der Waals surface area contributed by atoms with Crippen LogP contribution >= 0.6 is 11.6 Å². The minimum Gasteiger partial charge on any atom is -0.492 e. The fourth-order valence-corrected chi connectivity index (χ4v) is 2.25. The maximum absolute atomic E-state index is 5.87. The van der Waals surface area contributed by atoms with Crippen molar-refractivity contribution in [3.63, 3.8) is 0 Å². The molecular weight excluding hydrogens is 258 g/mol. The predicted molar refractivity (Wildman–Crippen MR) is 83.1 cm³/mol. The zero-order chi connectivity index (χ0) is 14.1. The SMILES string of the molecule is CCCNC(COc1ccc(Cl)cc1)C(C)CCC. The number of hydrogen-bond donors (Lipinski definition) is 1. The first-order chi connectivity index (χ1) is 9.17. The molecule has 0 aromatic heterocycles. The van der Waals surface area contributed by atoms with Crippen molar-refractivity contribution in [3.05, 3.63) is 29.3 Å². The van der Waals surface area contributed by atoms with E-state index in [1.165, 1.54) is 12.8 Å². The van der Waals surface area contributed by atoms with E-state index in [9.17, 15) is 0 Å². The van der Waals surface area contributed by atoms with Crippen molar-refractivity contribution < 1.29 is 4.74 Å². The van der Waals surface area contributed by atoms with Crippen LogP contribution in [0.3, 0.4) is 0 Å². The Balaban J connectivity index is 2.49. The van der Waals surface area contributed by atoms with E-state index in [-0.39, 0.29) is 0 Å². The van der Waals surface area contributed by atoms with E-state index < -0.39 is 0 Å². The first-order valence-corrected chi connectivity index (χ1v) is 7.66. The van der Waals surface area contributed by atoms with Crippen LogP contribution in [0.15, 0.2) is 24.3 Å². The van der Waals surface area contributed by atoms with Gasteiger partial charge >= 0.3 is 0 Å². The largest absolute Gasteiger partial charge is 0.492 e. The molecule has 0 bridgehead atoms. The lowest BCUT2D eigenvalue weighted by Gasteiger charge is -2.25. The molecule has 0 amide bonds. The zero-order valence-electron chi connectivity index (χ0n) is 12.3. The highest BCUT2D eigenvalue weighted by molar-refractivity contribution is 6.30. The van der Waals surface area contributed by atoms with Crippen molar-refractivity contribution in [2.75, 3.05) is 13.2 Å². The van der Waals surface area contributed by atoms with Crippen LogP contribution in [-0.4, -0.2) is 19.2 Å². The molecule has 1 N–H and O–H groups in total. The molecule has 108 valence electrons. The van der Waals surface area contributed by atoms with Crippen molar-refractivity contribution in [3.8, 4) is 5.75 Å². The molecule has 0 saturated heterocycles. The van der Waals surface area contributed by atoms with Crippen molar-refractivity contribution >= 4 is 11.6 Å². The van der Waals surface area contributed by atoms with Gasteiger partial charge in [0.1, 0.15) is 12.4 Å². The molecule has 1 aromatic rings. The van der Waals surface area contributed by atoms with Crippen LogP contribution in [-0.2, 0) is 0 Å². The third-order valence-electron chi connectivity index (χ3n) is 3.33. The Kier molecular flexibility index (Phi) is 7.92.